The molecular weight excluding hydrogens is 298 g/mol. The van der Waals surface area contributed by atoms with E-state index in [1.54, 1.807) is 25.2 Å². The zero-order valence-electron chi connectivity index (χ0n) is 13.3. The highest BCUT2D eigenvalue weighted by Gasteiger charge is 2.08. The maximum absolute atomic E-state index is 11.5. The number of fused-ring (bicyclic) bond motifs is 1. The molecule has 1 heterocycles. The summed E-state index contributed by atoms with van der Waals surface area (Å²) in [6.45, 7) is 1.04. The van der Waals surface area contributed by atoms with Gasteiger partial charge in [0.05, 0.1) is 25.3 Å². The number of esters is 1. The number of carbonyl (C=O) groups excluding carboxylic acids is 2. The third-order valence-corrected chi connectivity index (χ3v) is 3.35. The number of likely N-dealkylation sites (N-methyl/N-ethyl adjacent to an activating group) is 1. The van der Waals surface area contributed by atoms with Crippen LogP contribution in [0.3, 0.4) is 0 Å². The van der Waals surface area contributed by atoms with Crippen LogP contribution in [0, 0.1) is 0 Å². The van der Waals surface area contributed by atoms with Crippen LogP contribution in [0.2, 0.25) is 0 Å². The lowest BCUT2D eigenvalue weighted by molar-refractivity contribution is 0.0601. The molecule has 122 valence electrons. The van der Waals surface area contributed by atoms with E-state index in [9.17, 15) is 9.59 Å². The Hall–Kier alpha value is -2.83. The molecule has 0 saturated carbocycles. The molecule has 23 heavy (non-hydrogen) atoms. The number of aromatic nitrogens is 1. The molecular formula is C16H19N3O4. The molecule has 0 atom stereocenters. The van der Waals surface area contributed by atoms with Gasteiger partial charge in [-0.05, 0) is 30.3 Å². The molecule has 0 aliphatic heterocycles. The fourth-order valence-corrected chi connectivity index (χ4v) is 2.07. The van der Waals surface area contributed by atoms with E-state index in [1.165, 1.54) is 19.1 Å². The number of hydrogen-bond acceptors (Lipinski definition) is 6. The topological polar surface area (TPSA) is 80.8 Å². The minimum Gasteiger partial charge on any atom is -0.465 e. The predicted octanol–water partition coefficient (Wildman–Crippen LogP) is 2.13. The lowest BCUT2D eigenvalue weighted by atomic mass is 10.1. The second kappa shape index (κ2) is 7.44. The van der Waals surface area contributed by atoms with E-state index in [2.05, 4.69) is 15.0 Å². The molecule has 0 aliphatic carbocycles. The minimum absolute atomic E-state index is 0.375. The van der Waals surface area contributed by atoms with Gasteiger partial charge in [-0.3, -0.25) is 0 Å². The standard InChI is InChI=1S/C16H19N3O4/c1-19(16(21)23-3)9-8-17-14-7-5-11-10-12(15(20)22-2)4-6-13(11)18-14/h4-7,10H,8-9H2,1-3H3,(H,17,18). The number of carbonyl (C=O) groups is 2. The second-order valence-corrected chi connectivity index (χ2v) is 4.91. The predicted molar refractivity (Wildman–Crippen MR) is 86.6 cm³/mol. The maximum atomic E-state index is 11.5. The summed E-state index contributed by atoms with van der Waals surface area (Å²) in [5.74, 6) is 0.321. The molecule has 7 heteroatoms. The number of pyridine rings is 1. The summed E-state index contributed by atoms with van der Waals surface area (Å²) in [7, 11) is 4.36. The van der Waals surface area contributed by atoms with Crippen LogP contribution < -0.4 is 5.32 Å². The fourth-order valence-electron chi connectivity index (χ4n) is 2.07. The highest BCUT2D eigenvalue weighted by molar-refractivity contribution is 5.94. The molecule has 1 aromatic heterocycles. The first-order chi connectivity index (χ1) is 11.0. The van der Waals surface area contributed by atoms with Crippen molar-refractivity contribution in [3.63, 3.8) is 0 Å². The number of benzene rings is 1. The summed E-state index contributed by atoms with van der Waals surface area (Å²) in [5, 5.41) is 3.99. The first kappa shape index (κ1) is 16.5. The summed E-state index contributed by atoms with van der Waals surface area (Å²) < 4.78 is 9.32. The monoisotopic (exact) mass is 317 g/mol. The van der Waals surface area contributed by atoms with Crippen molar-refractivity contribution in [2.24, 2.45) is 0 Å². The quantitative estimate of drug-likeness (QED) is 0.851. The van der Waals surface area contributed by atoms with E-state index < -0.39 is 0 Å². The van der Waals surface area contributed by atoms with Crippen LogP contribution in [0.15, 0.2) is 30.3 Å². The van der Waals surface area contributed by atoms with Gasteiger partial charge in [0.15, 0.2) is 0 Å². The Morgan fingerprint density at radius 3 is 2.65 bits per heavy atom. The molecule has 0 bridgehead atoms. The molecule has 0 aliphatic rings. The Balaban J connectivity index is 2.03. The molecule has 2 rings (SSSR count). The van der Waals surface area contributed by atoms with Crippen molar-refractivity contribution in [2.75, 3.05) is 39.7 Å². The number of hydrogen-bond donors (Lipinski definition) is 1. The summed E-state index contributed by atoms with van der Waals surface area (Å²) in [6.07, 6.45) is -0.381. The molecule has 1 aromatic carbocycles. The first-order valence-electron chi connectivity index (χ1n) is 7.07. The Labute approximate surface area is 134 Å². The summed E-state index contributed by atoms with van der Waals surface area (Å²) in [5.41, 5.74) is 1.26. The van der Waals surface area contributed by atoms with E-state index in [0.29, 0.717) is 24.5 Å². The fraction of sp³-hybridized carbons (Fsp3) is 0.312. The number of amides is 1. The van der Waals surface area contributed by atoms with Gasteiger partial charge in [0.1, 0.15) is 5.82 Å². The Bertz CT molecular complexity index is 718. The van der Waals surface area contributed by atoms with E-state index in [1.807, 2.05) is 12.1 Å². The van der Waals surface area contributed by atoms with Gasteiger partial charge in [-0.15, -0.1) is 0 Å². The summed E-state index contributed by atoms with van der Waals surface area (Å²) in [4.78, 5) is 28.7. The van der Waals surface area contributed by atoms with Crippen LogP contribution in [-0.2, 0) is 9.47 Å². The van der Waals surface area contributed by atoms with Crippen LogP contribution in [-0.4, -0.2) is 56.3 Å². The van der Waals surface area contributed by atoms with Gasteiger partial charge in [-0.25, -0.2) is 14.6 Å². The number of anilines is 1. The third-order valence-electron chi connectivity index (χ3n) is 3.35. The molecule has 0 fully saturated rings. The average molecular weight is 317 g/mol. The maximum Gasteiger partial charge on any atom is 0.409 e. The summed E-state index contributed by atoms with van der Waals surface area (Å²) in [6, 6.07) is 8.88. The average Bonchev–Trinajstić information content (AvgIpc) is 2.59. The number of nitrogens with zero attached hydrogens (tertiary/aromatic N) is 2. The van der Waals surface area contributed by atoms with Gasteiger partial charge in [-0.2, -0.15) is 0 Å². The molecule has 0 spiro atoms. The number of ether oxygens (including phenoxy) is 2. The molecule has 1 N–H and O–H groups in total. The van der Waals surface area contributed by atoms with Crippen molar-refractivity contribution in [1.82, 2.24) is 9.88 Å². The van der Waals surface area contributed by atoms with Gasteiger partial charge in [0.2, 0.25) is 0 Å². The van der Waals surface area contributed by atoms with Crippen molar-refractivity contribution in [3.05, 3.63) is 35.9 Å². The molecule has 1 amide bonds. The summed E-state index contributed by atoms with van der Waals surface area (Å²) >= 11 is 0. The number of methoxy groups -OCH3 is 2. The second-order valence-electron chi connectivity index (χ2n) is 4.91. The zero-order valence-corrected chi connectivity index (χ0v) is 13.3. The number of nitrogens with one attached hydrogen (secondary N) is 1. The van der Waals surface area contributed by atoms with Crippen molar-refractivity contribution in [1.29, 1.82) is 0 Å². The highest BCUT2D eigenvalue weighted by Crippen LogP contribution is 2.17. The van der Waals surface area contributed by atoms with Crippen molar-refractivity contribution < 1.29 is 19.1 Å². The van der Waals surface area contributed by atoms with Crippen molar-refractivity contribution in [3.8, 4) is 0 Å². The molecule has 0 saturated heterocycles. The van der Waals surface area contributed by atoms with Crippen LogP contribution in [0.5, 0.6) is 0 Å². The normalized spacial score (nSPS) is 10.2. The third kappa shape index (κ3) is 4.09. The SMILES string of the molecule is COC(=O)c1ccc2nc(NCCN(C)C(=O)OC)ccc2c1. The van der Waals surface area contributed by atoms with E-state index >= 15 is 0 Å². The first-order valence-corrected chi connectivity index (χ1v) is 7.07. The lowest BCUT2D eigenvalue weighted by Gasteiger charge is -2.15. The Morgan fingerprint density at radius 1 is 1.17 bits per heavy atom. The molecule has 7 nitrogen and oxygen atoms in total. The molecule has 0 unspecified atom stereocenters. The van der Waals surface area contributed by atoms with Gasteiger partial charge >= 0.3 is 12.1 Å². The minimum atomic E-state index is -0.381. The van der Waals surface area contributed by atoms with Crippen molar-refractivity contribution in [2.45, 2.75) is 0 Å². The van der Waals surface area contributed by atoms with Gasteiger partial charge in [0, 0.05) is 25.5 Å². The van der Waals surface area contributed by atoms with Crippen LogP contribution in [0.25, 0.3) is 10.9 Å². The van der Waals surface area contributed by atoms with E-state index in [4.69, 9.17) is 4.74 Å². The molecule has 2 aromatic rings. The lowest BCUT2D eigenvalue weighted by Crippen LogP contribution is -2.31. The van der Waals surface area contributed by atoms with Gasteiger partial charge < -0.3 is 19.7 Å². The van der Waals surface area contributed by atoms with E-state index in [-0.39, 0.29) is 12.1 Å². The zero-order chi connectivity index (χ0) is 16.8. The van der Waals surface area contributed by atoms with Gasteiger partial charge in [-0.1, -0.05) is 0 Å². The smallest absolute Gasteiger partial charge is 0.409 e. The highest BCUT2D eigenvalue weighted by atomic mass is 16.5. The van der Waals surface area contributed by atoms with E-state index in [0.717, 1.165) is 10.9 Å². The molecule has 0 radical (unpaired) electrons. The van der Waals surface area contributed by atoms with Gasteiger partial charge in [0.25, 0.3) is 0 Å². The van der Waals surface area contributed by atoms with Crippen LogP contribution >= 0.6 is 0 Å². The Kier molecular flexibility index (Phi) is 5.35. The van der Waals surface area contributed by atoms with Crippen LogP contribution in [0.4, 0.5) is 10.6 Å². The van der Waals surface area contributed by atoms with Crippen molar-refractivity contribution >= 4 is 28.8 Å². The largest absolute Gasteiger partial charge is 0.465 e. The Morgan fingerprint density at radius 2 is 1.96 bits per heavy atom. The van der Waals surface area contributed by atoms with Crippen LogP contribution in [0.1, 0.15) is 10.4 Å². The number of rotatable bonds is 5.